The van der Waals surface area contributed by atoms with Gasteiger partial charge in [-0.2, -0.15) is 0 Å². The van der Waals surface area contributed by atoms with Gasteiger partial charge in [-0.1, -0.05) is 44.2 Å². The number of hydrogen-bond donors (Lipinski definition) is 0. The highest BCUT2D eigenvalue weighted by Crippen LogP contribution is 2.29. The fourth-order valence-corrected chi connectivity index (χ4v) is 5.45. The van der Waals surface area contributed by atoms with Gasteiger partial charge in [0.05, 0.1) is 12.9 Å². The number of likely N-dealkylation sites (N-methyl/N-ethyl adjacent to an activating group) is 1. The van der Waals surface area contributed by atoms with Crippen molar-refractivity contribution in [2.24, 2.45) is 11.8 Å². The number of benzene rings is 2. The molecule has 1 atom stereocenters. The number of thioether (sulfide) groups is 1. The van der Waals surface area contributed by atoms with Crippen LogP contribution in [0.25, 0.3) is 0 Å². The molecule has 1 aliphatic rings. The Morgan fingerprint density at radius 1 is 1.09 bits per heavy atom. The minimum absolute atomic E-state index is 0.106. The minimum Gasteiger partial charge on any atom is -0.497 e. The van der Waals surface area contributed by atoms with E-state index in [0.717, 1.165) is 43.0 Å². The number of methoxy groups -OCH3 is 1. The Morgan fingerprint density at radius 3 is 2.44 bits per heavy atom. The molecular formula is C28H38N2O3S. The van der Waals surface area contributed by atoms with Crippen LogP contribution in [0.5, 0.6) is 5.75 Å². The van der Waals surface area contributed by atoms with Crippen molar-refractivity contribution in [3.8, 4) is 5.75 Å². The largest absolute Gasteiger partial charge is 0.497 e. The summed E-state index contributed by atoms with van der Waals surface area (Å²) in [6.45, 7) is 5.67. The zero-order valence-electron chi connectivity index (χ0n) is 20.9. The van der Waals surface area contributed by atoms with Crippen LogP contribution in [0, 0.1) is 11.8 Å². The fraction of sp³-hybridized carbons (Fsp3) is 0.500. The molecule has 2 aromatic carbocycles. The molecular weight excluding hydrogens is 444 g/mol. The van der Waals surface area contributed by atoms with E-state index in [2.05, 4.69) is 26.0 Å². The molecule has 0 radical (unpaired) electrons. The highest BCUT2D eigenvalue weighted by atomic mass is 32.2. The van der Waals surface area contributed by atoms with Crippen molar-refractivity contribution in [1.82, 2.24) is 9.80 Å². The number of likely N-dealkylation sites (tertiary alicyclic amines) is 1. The predicted molar refractivity (Wildman–Crippen MR) is 139 cm³/mol. The Balaban J connectivity index is 1.64. The van der Waals surface area contributed by atoms with Gasteiger partial charge in [0.15, 0.2) is 0 Å². The number of carbonyl (C=O) groups is 2. The molecule has 3 rings (SSSR count). The third-order valence-corrected chi connectivity index (χ3v) is 7.59. The molecule has 1 aliphatic heterocycles. The Kier molecular flexibility index (Phi) is 9.87. The monoisotopic (exact) mass is 482 g/mol. The summed E-state index contributed by atoms with van der Waals surface area (Å²) in [5.41, 5.74) is 1.17. The first-order valence-electron chi connectivity index (χ1n) is 12.2. The number of rotatable bonds is 10. The molecule has 5 nitrogen and oxygen atoms in total. The topological polar surface area (TPSA) is 49.9 Å². The Morgan fingerprint density at radius 2 is 1.79 bits per heavy atom. The van der Waals surface area contributed by atoms with Crippen LogP contribution < -0.4 is 4.74 Å². The first-order valence-corrected chi connectivity index (χ1v) is 13.2. The summed E-state index contributed by atoms with van der Waals surface area (Å²) in [5.74, 6) is 2.38. The molecule has 1 heterocycles. The van der Waals surface area contributed by atoms with E-state index >= 15 is 0 Å². The molecule has 2 amide bonds. The average molecular weight is 483 g/mol. The summed E-state index contributed by atoms with van der Waals surface area (Å²) in [7, 11) is 3.63. The lowest BCUT2D eigenvalue weighted by Crippen LogP contribution is -2.48. The zero-order chi connectivity index (χ0) is 24.5. The van der Waals surface area contributed by atoms with Crippen molar-refractivity contribution in [2.45, 2.75) is 50.5 Å². The second kappa shape index (κ2) is 12.8. The smallest absolute Gasteiger partial charge is 0.232 e. The fourth-order valence-electron chi connectivity index (χ4n) is 4.63. The van der Waals surface area contributed by atoms with E-state index < -0.39 is 0 Å². The van der Waals surface area contributed by atoms with E-state index in [0.29, 0.717) is 24.0 Å². The molecule has 0 spiro atoms. The van der Waals surface area contributed by atoms with Crippen LogP contribution in [0.2, 0.25) is 0 Å². The van der Waals surface area contributed by atoms with Crippen molar-refractivity contribution in [1.29, 1.82) is 0 Å². The van der Waals surface area contributed by atoms with Crippen LogP contribution in [0.4, 0.5) is 0 Å². The van der Waals surface area contributed by atoms with E-state index in [9.17, 15) is 9.59 Å². The lowest BCUT2D eigenvalue weighted by atomic mass is 9.84. The normalized spacial score (nSPS) is 15.3. The zero-order valence-corrected chi connectivity index (χ0v) is 21.7. The average Bonchev–Trinajstić information content (AvgIpc) is 2.86. The molecule has 6 heteroatoms. The molecule has 0 bridgehead atoms. The second-order valence-electron chi connectivity index (χ2n) is 9.55. The molecule has 0 aromatic heterocycles. The van der Waals surface area contributed by atoms with Crippen LogP contribution in [-0.4, -0.2) is 60.7 Å². The molecule has 1 fully saturated rings. The number of piperidine rings is 1. The van der Waals surface area contributed by atoms with Gasteiger partial charge in [0, 0.05) is 37.5 Å². The Bertz CT molecular complexity index is 926. The van der Waals surface area contributed by atoms with Gasteiger partial charge in [-0.3, -0.25) is 9.59 Å². The second-order valence-corrected chi connectivity index (χ2v) is 10.6. The van der Waals surface area contributed by atoms with Crippen molar-refractivity contribution >= 4 is 23.6 Å². The van der Waals surface area contributed by atoms with Gasteiger partial charge in [0.2, 0.25) is 11.8 Å². The lowest BCUT2D eigenvalue weighted by Gasteiger charge is -2.40. The van der Waals surface area contributed by atoms with Gasteiger partial charge < -0.3 is 14.5 Å². The van der Waals surface area contributed by atoms with Crippen LogP contribution >= 0.6 is 11.8 Å². The van der Waals surface area contributed by atoms with Crippen LogP contribution in [0.15, 0.2) is 59.5 Å². The van der Waals surface area contributed by atoms with Crippen molar-refractivity contribution in [3.63, 3.8) is 0 Å². The van der Waals surface area contributed by atoms with Crippen LogP contribution in [0.3, 0.4) is 0 Å². The van der Waals surface area contributed by atoms with Crippen LogP contribution in [-0.2, 0) is 16.0 Å². The maximum Gasteiger partial charge on any atom is 0.232 e. The highest BCUT2D eigenvalue weighted by Gasteiger charge is 2.32. The maximum absolute atomic E-state index is 13.0. The summed E-state index contributed by atoms with van der Waals surface area (Å²) >= 11 is 1.59. The van der Waals surface area contributed by atoms with Crippen LogP contribution in [0.1, 0.15) is 38.7 Å². The molecule has 0 unspecified atom stereocenters. The third kappa shape index (κ3) is 7.52. The maximum atomic E-state index is 13.0. The lowest BCUT2D eigenvalue weighted by molar-refractivity contribution is -0.136. The minimum atomic E-state index is 0.106. The number of carbonyl (C=O) groups excluding carboxylic acids is 2. The molecule has 0 saturated carbocycles. The van der Waals surface area contributed by atoms with Gasteiger partial charge >= 0.3 is 0 Å². The first-order chi connectivity index (χ1) is 16.4. The van der Waals surface area contributed by atoms with Crippen molar-refractivity contribution in [3.05, 3.63) is 60.2 Å². The first kappa shape index (κ1) is 26.1. The van der Waals surface area contributed by atoms with E-state index in [4.69, 9.17) is 4.74 Å². The van der Waals surface area contributed by atoms with E-state index in [1.807, 2.05) is 59.3 Å². The summed E-state index contributed by atoms with van der Waals surface area (Å²) in [5, 5.41) is 0. The number of ether oxygens (including phenoxy) is 1. The predicted octanol–water partition coefficient (Wildman–Crippen LogP) is 5.14. The standard InChI is InChI=1S/C28H38N2O3S/c1-21(2)17-27(31)29(3)26(19-22-9-8-10-24(18-22)33-4)23-13-15-30(16-14-23)28(32)20-34-25-11-6-5-7-12-25/h5-12,18,21,23,26H,13-17,19-20H2,1-4H3/t26-/m0/s1. The van der Waals surface area contributed by atoms with Crippen molar-refractivity contribution < 1.29 is 14.3 Å². The van der Waals surface area contributed by atoms with Gasteiger partial charge in [-0.15, -0.1) is 11.8 Å². The molecule has 34 heavy (non-hydrogen) atoms. The number of hydrogen-bond acceptors (Lipinski definition) is 4. The van der Waals surface area contributed by atoms with E-state index in [-0.39, 0.29) is 17.9 Å². The van der Waals surface area contributed by atoms with E-state index in [1.54, 1.807) is 18.9 Å². The summed E-state index contributed by atoms with van der Waals surface area (Å²) < 4.78 is 5.41. The van der Waals surface area contributed by atoms with Crippen molar-refractivity contribution in [2.75, 3.05) is 33.0 Å². The van der Waals surface area contributed by atoms with Gasteiger partial charge in [-0.05, 0) is 60.9 Å². The Labute approximate surface area is 208 Å². The van der Waals surface area contributed by atoms with Gasteiger partial charge in [0.25, 0.3) is 0 Å². The van der Waals surface area contributed by atoms with Gasteiger partial charge in [0.1, 0.15) is 5.75 Å². The number of amides is 2. The Hall–Kier alpha value is -2.47. The SMILES string of the molecule is COc1cccc(C[C@@H](C2CCN(C(=O)CSc3ccccc3)CC2)N(C)C(=O)CC(C)C)c1. The quantitative estimate of drug-likeness (QED) is 0.440. The molecule has 0 N–H and O–H groups in total. The molecule has 2 aromatic rings. The third-order valence-electron chi connectivity index (χ3n) is 6.59. The highest BCUT2D eigenvalue weighted by molar-refractivity contribution is 8.00. The molecule has 184 valence electrons. The van der Waals surface area contributed by atoms with Gasteiger partial charge in [-0.25, -0.2) is 0 Å². The summed E-state index contributed by atoms with van der Waals surface area (Å²) in [6.07, 6.45) is 3.17. The molecule has 1 saturated heterocycles. The summed E-state index contributed by atoms with van der Waals surface area (Å²) in [4.78, 5) is 30.9. The number of nitrogens with zero attached hydrogens (tertiary/aromatic N) is 2. The molecule has 0 aliphatic carbocycles. The van der Waals surface area contributed by atoms with E-state index in [1.165, 1.54) is 5.56 Å². The summed E-state index contributed by atoms with van der Waals surface area (Å²) in [6, 6.07) is 18.3.